The van der Waals surface area contributed by atoms with Crippen LogP contribution in [0.5, 0.6) is 5.75 Å². The smallest absolute Gasteiger partial charge is 0.275 e. The summed E-state index contributed by atoms with van der Waals surface area (Å²) in [6.07, 6.45) is 0. The maximum Gasteiger partial charge on any atom is 0.275 e. The Hall–Kier alpha value is -3.59. The van der Waals surface area contributed by atoms with Gasteiger partial charge in [0.1, 0.15) is 18.0 Å². The van der Waals surface area contributed by atoms with Crippen molar-refractivity contribution in [1.29, 1.82) is 0 Å². The summed E-state index contributed by atoms with van der Waals surface area (Å²) in [7, 11) is -2.42. The molecule has 0 aliphatic rings. The van der Waals surface area contributed by atoms with Crippen LogP contribution in [0.25, 0.3) is 0 Å². The molecule has 0 aliphatic carbocycles. The van der Waals surface area contributed by atoms with Crippen LogP contribution in [-0.2, 0) is 21.4 Å². The fourth-order valence-electron chi connectivity index (χ4n) is 2.91. The van der Waals surface area contributed by atoms with E-state index in [9.17, 15) is 18.0 Å². The molecule has 0 atom stereocenters. The van der Waals surface area contributed by atoms with Crippen molar-refractivity contribution in [3.8, 4) is 5.75 Å². The molecule has 0 aliphatic heterocycles. The van der Waals surface area contributed by atoms with Crippen molar-refractivity contribution in [3.63, 3.8) is 0 Å². The Bertz CT molecular complexity index is 1270. The molecule has 0 spiro atoms. The second-order valence-corrected chi connectivity index (χ2v) is 8.66. The number of nitrogens with zero attached hydrogens (tertiary/aromatic N) is 1. The van der Waals surface area contributed by atoms with Gasteiger partial charge in [0.2, 0.25) is 5.91 Å². The number of benzene rings is 2. The molecular formula is C22H23N3O5S. The van der Waals surface area contributed by atoms with Gasteiger partial charge < -0.3 is 14.6 Å². The second-order valence-electron chi connectivity index (χ2n) is 6.98. The quantitative estimate of drug-likeness (QED) is 0.586. The van der Waals surface area contributed by atoms with Gasteiger partial charge in [-0.25, -0.2) is 8.42 Å². The van der Waals surface area contributed by atoms with Crippen LogP contribution in [0.1, 0.15) is 11.3 Å². The first kappa shape index (κ1) is 22.1. The SMILES string of the molecule is COc1cccc(NC(=O)Cn2c(C)ccc(NS(=O)(=O)c3ccc(C)cc3)c2=O)c1. The van der Waals surface area contributed by atoms with Gasteiger partial charge in [-0.3, -0.25) is 14.3 Å². The first-order valence-electron chi connectivity index (χ1n) is 9.43. The highest BCUT2D eigenvalue weighted by Crippen LogP contribution is 2.17. The number of pyridine rings is 1. The lowest BCUT2D eigenvalue weighted by atomic mass is 10.2. The number of anilines is 2. The molecule has 9 heteroatoms. The van der Waals surface area contributed by atoms with E-state index in [2.05, 4.69) is 10.0 Å². The number of hydrogen-bond acceptors (Lipinski definition) is 5. The number of aryl methyl sites for hydroxylation is 2. The van der Waals surface area contributed by atoms with Crippen molar-refractivity contribution < 1.29 is 17.9 Å². The van der Waals surface area contributed by atoms with E-state index >= 15 is 0 Å². The summed E-state index contributed by atoms with van der Waals surface area (Å²) in [5, 5.41) is 2.70. The van der Waals surface area contributed by atoms with Crippen molar-refractivity contribution in [2.24, 2.45) is 0 Å². The number of carbonyl (C=O) groups excluding carboxylic acids is 1. The van der Waals surface area contributed by atoms with Crippen LogP contribution in [0.15, 0.2) is 70.4 Å². The highest BCUT2D eigenvalue weighted by molar-refractivity contribution is 7.92. The van der Waals surface area contributed by atoms with Gasteiger partial charge in [-0.05, 0) is 50.2 Å². The van der Waals surface area contributed by atoms with Crippen LogP contribution in [0.4, 0.5) is 11.4 Å². The number of amides is 1. The fraction of sp³-hybridized carbons (Fsp3) is 0.182. The van der Waals surface area contributed by atoms with Crippen LogP contribution in [-0.4, -0.2) is 26.0 Å². The molecule has 3 aromatic rings. The van der Waals surface area contributed by atoms with Crippen molar-refractivity contribution in [1.82, 2.24) is 4.57 Å². The summed E-state index contributed by atoms with van der Waals surface area (Å²) in [4.78, 5) is 25.4. The topological polar surface area (TPSA) is 106 Å². The van der Waals surface area contributed by atoms with Crippen molar-refractivity contribution in [3.05, 3.63) is 82.3 Å². The minimum absolute atomic E-state index is 0.0420. The molecule has 0 radical (unpaired) electrons. The van der Waals surface area contributed by atoms with Gasteiger partial charge in [0, 0.05) is 17.4 Å². The third-order valence-corrected chi connectivity index (χ3v) is 6.00. The standard InChI is InChI=1S/C22H23N3O5S/c1-15-7-10-19(11-8-15)31(28,29)24-20-12-9-16(2)25(22(20)27)14-21(26)23-17-5-4-6-18(13-17)30-3/h4-13,24H,14H2,1-3H3,(H,23,26). The molecule has 1 amide bonds. The molecule has 1 heterocycles. The minimum atomic E-state index is -3.94. The molecule has 162 valence electrons. The Morgan fingerprint density at radius 3 is 2.42 bits per heavy atom. The predicted molar refractivity (Wildman–Crippen MR) is 119 cm³/mol. The van der Waals surface area contributed by atoms with E-state index in [-0.39, 0.29) is 17.1 Å². The summed E-state index contributed by atoms with van der Waals surface area (Å²) < 4.78 is 33.9. The Kier molecular flexibility index (Phi) is 6.45. The number of aromatic nitrogens is 1. The van der Waals surface area contributed by atoms with Gasteiger partial charge in [-0.1, -0.05) is 23.8 Å². The average molecular weight is 442 g/mol. The second kappa shape index (κ2) is 9.05. The van der Waals surface area contributed by atoms with Crippen LogP contribution in [0.2, 0.25) is 0 Å². The van der Waals surface area contributed by atoms with Gasteiger partial charge in [0.25, 0.3) is 15.6 Å². The van der Waals surface area contributed by atoms with Gasteiger partial charge in [-0.15, -0.1) is 0 Å². The summed E-state index contributed by atoms with van der Waals surface area (Å²) >= 11 is 0. The molecule has 0 saturated heterocycles. The third kappa shape index (κ3) is 5.32. The normalized spacial score (nSPS) is 11.1. The van der Waals surface area contributed by atoms with Gasteiger partial charge in [0.05, 0.1) is 12.0 Å². The molecule has 3 rings (SSSR count). The maximum atomic E-state index is 12.9. The van der Waals surface area contributed by atoms with Crippen molar-refractivity contribution in [2.75, 3.05) is 17.1 Å². The first-order chi connectivity index (χ1) is 14.7. The van der Waals surface area contributed by atoms with Crippen LogP contribution in [0, 0.1) is 13.8 Å². The molecule has 1 aromatic heterocycles. The number of hydrogen-bond donors (Lipinski definition) is 2. The van der Waals surface area contributed by atoms with E-state index in [1.54, 1.807) is 49.4 Å². The van der Waals surface area contributed by atoms with Gasteiger partial charge in [-0.2, -0.15) is 0 Å². The lowest BCUT2D eigenvalue weighted by Gasteiger charge is -2.14. The molecule has 2 N–H and O–H groups in total. The molecule has 8 nitrogen and oxygen atoms in total. The molecule has 31 heavy (non-hydrogen) atoms. The van der Waals surface area contributed by atoms with E-state index in [1.165, 1.54) is 29.9 Å². The van der Waals surface area contributed by atoms with Gasteiger partial charge in [0.15, 0.2) is 0 Å². The molecule has 0 fully saturated rings. The molecule has 0 bridgehead atoms. The van der Waals surface area contributed by atoms with E-state index in [0.29, 0.717) is 17.1 Å². The Labute approximate surface area is 180 Å². The number of rotatable bonds is 7. The fourth-order valence-corrected chi connectivity index (χ4v) is 3.97. The van der Waals surface area contributed by atoms with E-state index < -0.39 is 21.5 Å². The number of nitrogens with one attached hydrogen (secondary N) is 2. The summed E-state index contributed by atoms with van der Waals surface area (Å²) in [5.41, 5.74) is 1.20. The Morgan fingerprint density at radius 1 is 1.03 bits per heavy atom. The molecule has 0 unspecified atom stereocenters. The Morgan fingerprint density at radius 2 is 1.74 bits per heavy atom. The van der Waals surface area contributed by atoms with E-state index in [0.717, 1.165) is 5.56 Å². The van der Waals surface area contributed by atoms with Crippen molar-refractivity contribution >= 4 is 27.3 Å². The highest BCUT2D eigenvalue weighted by atomic mass is 32.2. The number of sulfonamides is 1. The number of carbonyl (C=O) groups is 1. The maximum absolute atomic E-state index is 12.9. The van der Waals surface area contributed by atoms with Crippen LogP contribution in [0.3, 0.4) is 0 Å². The van der Waals surface area contributed by atoms with E-state index in [1.807, 2.05) is 6.92 Å². The average Bonchev–Trinajstić information content (AvgIpc) is 2.73. The lowest BCUT2D eigenvalue weighted by molar-refractivity contribution is -0.116. The zero-order valence-electron chi connectivity index (χ0n) is 17.4. The van der Waals surface area contributed by atoms with Crippen LogP contribution >= 0.6 is 0 Å². The third-order valence-electron chi connectivity index (χ3n) is 4.62. The summed E-state index contributed by atoms with van der Waals surface area (Å²) in [5.74, 6) is 0.149. The monoisotopic (exact) mass is 441 g/mol. The summed E-state index contributed by atoms with van der Waals surface area (Å²) in [6.45, 7) is 3.24. The lowest BCUT2D eigenvalue weighted by Crippen LogP contribution is -2.31. The molecule has 2 aromatic carbocycles. The van der Waals surface area contributed by atoms with Crippen molar-refractivity contribution in [2.45, 2.75) is 25.3 Å². The first-order valence-corrected chi connectivity index (χ1v) is 10.9. The van der Waals surface area contributed by atoms with E-state index in [4.69, 9.17) is 4.74 Å². The Balaban J connectivity index is 1.82. The highest BCUT2D eigenvalue weighted by Gasteiger charge is 2.18. The zero-order valence-corrected chi connectivity index (χ0v) is 18.2. The molecule has 0 saturated carbocycles. The summed E-state index contributed by atoms with van der Waals surface area (Å²) in [6, 6.07) is 16.1. The zero-order chi connectivity index (χ0) is 22.6. The molecular weight excluding hydrogens is 418 g/mol. The number of ether oxygens (including phenoxy) is 1. The van der Waals surface area contributed by atoms with Crippen LogP contribution < -0.4 is 20.3 Å². The van der Waals surface area contributed by atoms with Gasteiger partial charge >= 0.3 is 0 Å². The predicted octanol–water partition coefficient (Wildman–Crippen LogP) is 2.91. The number of methoxy groups -OCH3 is 1. The largest absolute Gasteiger partial charge is 0.497 e. The minimum Gasteiger partial charge on any atom is -0.497 e.